The van der Waals surface area contributed by atoms with Crippen LogP contribution in [0, 0.1) is 0 Å². The highest BCUT2D eigenvalue weighted by Gasteiger charge is 2.26. The van der Waals surface area contributed by atoms with E-state index in [1.54, 1.807) is 0 Å². The summed E-state index contributed by atoms with van der Waals surface area (Å²) in [5.41, 5.74) is 0. The van der Waals surface area contributed by atoms with Crippen molar-refractivity contribution in [3.8, 4) is 0 Å². The summed E-state index contributed by atoms with van der Waals surface area (Å²) >= 11 is 0. The molecule has 3 nitrogen and oxygen atoms in total. The minimum absolute atomic E-state index is 0.164. The molecule has 1 saturated carbocycles. The predicted molar refractivity (Wildman–Crippen MR) is 57.2 cm³/mol. The van der Waals surface area contributed by atoms with Crippen LogP contribution >= 0.6 is 0 Å². The molecular formula is C11H23NO2. The Labute approximate surface area is 86.7 Å². The van der Waals surface area contributed by atoms with Crippen molar-refractivity contribution in [3.05, 3.63) is 0 Å². The van der Waals surface area contributed by atoms with Crippen molar-refractivity contribution in [2.45, 2.75) is 57.3 Å². The van der Waals surface area contributed by atoms with Crippen molar-refractivity contribution in [1.82, 2.24) is 4.90 Å². The summed E-state index contributed by atoms with van der Waals surface area (Å²) in [6, 6.07) is 0.308. The lowest BCUT2D eigenvalue weighted by atomic mass is 9.91. The lowest BCUT2D eigenvalue weighted by Gasteiger charge is -2.35. The number of likely N-dealkylation sites (N-methyl/N-ethyl adjacent to an activating group) is 1. The lowest BCUT2D eigenvalue weighted by Crippen LogP contribution is -2.44. The molecule has 1 fully saturated rings. The van der Waals surface area contributed by atoms with Crippen LogP contribution in [0.5, 0.6) is 0 Å². The van der Waals surface area contributed by atoms with Gasteiger partial charge in [0.15, 0.2) is 0 Å². The van der Waals surface area contributed by atoms with Gasteiger partial charge in [-0.15, -0.1) is 0 Å². The lowest BCUT2D eigenvalue weighted by molar-refractivity contribution is 0.0264. The van der Waals surface area contributed by atoms with Gasteiger partial charge in [0, 0.05) is 12.6 Å². The number of hydrogen-bond donors (Lipinski definition) is 2. The third-order valence-electron chi connectivity index (χ3n) is 3.16. The largest absolute Gasteiger partial charge is 0.393 e. The number of aliphatic hydroxyl groups excluding tert-OH is 2. The van der Waals surface area contributed by atoms with Crippen molar-refractivity contribution in [3.63, 3.8) is 0 Å². The summed E-state index contributed by atoms with van der Waals surface area (Å²) in [5.74, 6) is 0. The molecule has 1 unspecified atom stereocenters. The molecule has 0 aromatic heterocycles. The minimum Gasteiger partial charge on any atom is -0.393 e. The Balaban J connectivity index is 2.30. The smallest absolute Gasteiger partial charge is 0.0695 e. The average Bonchev–Trinajstić information content (AvgIpc) is 2.15. The van der Waals surface area contributed by atoms with Crippen LogP contribution in [0.15, 0.2) is 0 Å². The van der Waals surface area contributed by atoms with Gasteiger partial charge in [0.2, 0.25) is 0 Å². The van der Waals surface area contributed by atoms with Crippen LogP contribution in [-0.2, 0) is 0 Å². The summed E-state index contributed by atoms with van der Waals surface area (Å²) in [7, 11) is 2.04. The van der Waals surface area contributed by atoms with E-state index >= 15 is 0 Å². The Morgan fingerprint density at radius 3 is 2.57 bits per heavy atom. The summed E-state index contributed by atoms with van der Waals surface area (Å²) in [6.07, 6.45) is 4.80. The highest BCUT2D eigenvalue weighted by atomic mass is 16.3. The molecule has 1 rings (SSSR count). The molecular weight excluding hydrogens is 178 g/mol. The maximum absolute atomic E-state index is 9.80. The number of aliphatic hydroxyl groups is 2. The van der Waals surface area contributed by atoms with E-state index in [4.69, 9.17) is 0 Å². The van der Waals surface area contributed by atoms with Crippen molar-refractivity contribution in [1.29, 1.82) is 0 Å². The first kappa shape index (κ1) is 12.0. The monoisotopic (exact) mass is 201 g/mol. The molecule has 0 aliphatic heterocycles. The highest BCUT2D eigenvalue weighted by Crippen LogP contribution is 2.22. The van der Waals surface area contributed by atoms with E-state index in [0.29, 0.717) is 6.04 Å². The molecule has 1 aliphatic rings. The van der Waals surface area contributed by atoms with Crippen LogP contribution in [0.1, 0.15) is 39.0 Å². The van der Waals surface area contributed by atoms with E-state index in [1.165, 1.54) is 6.42 Å². The van der Waals surface area contributed by atoms with E-state index in [2.05, 4.69) is 4.90 Å². The van der Waals surface area contributed by atoms with Gasteiger partial charge in [-0.3, -0.25) is 0 Å². The van der Waals surface area contributed by atoms with Gasteiger partial charge in [-0.05, 0) is 33.2 Å². The maximum atomic E-state index is 9.80. The Bertz CT molecular complexity index is 161. The van der Waals surface area contributed by atoms with E-state index in [0.717, 1.165) is 32.2 Å². The fourth-order valence-electron chi connectivity index (χ4n) is 2.16. The summed E-state index contributed by atoms with van der Waals surface area (Å²) in [4.78, 5) is 2.19. The second kappa shape index (κ2) is 5.69. The molecule has 1 aliphatic carbocycles. The molecule has 2 N–H and O–H groups in total. The van der Waals surface area contributed by atoms with Gasteiger partial charge >= 0.3 is 0 Å². The molecule has 14 heavy (non-hydrogen) atoms. The predicted octanol–water partition coefficient (Wildman–Crippen LogP) is 0.993. The van der Waals surface area contributed by atoms with E-state index in [9.17, 15) is 10.2 Å². The van der Waals surface area contributed by atoms with Crippen LogP contribution < -0.4 is 0 Å². The number of nitrogens with zero attached hydrogens (tertiary/aromatic N) is 1. The van der Waals surface area contributed by atoms with E-state index in [-0.39, 0.29) is 12.2 Å². The van der Waals surface area contributed by atoms with E-state index in [1.807, 2.05) is 14.0 Å². The average molecular weight is 201 g/mol. The molecule has 0 spiro atoms. The zero-order chi connectivity index (χ0) is 10.6. The second-order valence-corrected chi connectivity index (χ2v) is 4.54. The number of rotatable bonds is 4. The Morgan fingerprint density at radius 1 is 1.36 bits per heavy atom. The van der Waals surface area contributed by atoms with Gasteiger partial charge in [0.25, 0.3) is 0 Å². The Kier molecular flexibility index (Phi) is 4.85. The normalized spacial score (nSPS) is 30.6. The van der Waals surface area contributed by atoms with Crippen molar-refractivity contribution in [2.24, 2.45) is 0 Å². The quantitative estimate of drug-likeness (QED) is 0.713. The number of hydrogen-bond acceptors (Lipinski definition) is 3. The van der Waals surface area contributed by atoms with Crippen molar-refractivity contribution < 1.29 is 10.2 Å². The molecule has 0 bridgehead atoms. The maximum Gasteiger partial charge on any atom is 0.0695 e. The summed E-state index contributed by atoms with van der Waals surface area (Å²) in [5, 5.41) is 19.0. The molecule has 0 heterocycles. The molecule has 3 heteroatoms. The zero-order valence-corrected chi connectivity index (χ0v) is 9.32. The fraction of sp³-hybridized carbons (Fsp3) is 1.00. The van der Waals surface area contributed by atoms with Gasteiger partial charge in [-0.2, -0.15) is 0 Å². The van der Waals surface area contributed by atoms with Gasteiger partial charge in [0.05, 0.1) is 12.2 Å². The first-order valence-electron chi connectivity index (χ1n) is 5.67. The third kappa shape index (κ3) is 3.56. The minimum atomic E-state index is -0.238. The zero-order valence-electron chi connectivity index (χ0n) is 9.32. The molecule has 0 radical (unpaired) electrons. The van der Waals surface area contributed by atoms with Gasteiger partial charge in [-0.25, -0.2) is 0 Å². The molecule has 0 aromatic carbocycles. The molecule has 0 aromatic rings. The van der Waals surface area contributed by atoms with Gasteiger partial charge < -0.3 is 15.1 Å². The first-order valence-corrected chi connectivity index (χ1v) is 5.67. The third-order valence-corrected chi connectivity index (χ3v) is 3.16. The Hall–Kier alpha value is -0.120. The van der Waals surface area contributed by atoms with Gasteiger partial charge in [0.1, 0.15) is 0 Å². The molecule has 3 atom stereocenters. The van der Waals surface area contributed by atoms with Crippen LogP contribution in [-0.4, -0.2) is 47.0 Å². The first-order chi connectivity index (χ1) is 6.61. The summed E-state index contributed by atoms with van der Waals surface area (Å²) in [6.45, 7) is 2.69. The van der Waals surface area contributed by atoms with Crippen LogP contribution in [0.3, 0.4) is 0 Å². The second-order valence-electron chi connectivity index (χ2n) is 4.54. The summed E-state index contributed by atoms with van der Waals surface area (Å²) < 4.78 is 0. The molecule has 0 amide bonds. The molecule has 0 saturated heterocycles. The topological polar surface area (TPSA) is 43.7 Å². The fourth-order valence-corrected chi connectivity index (χ4v) is 2.16. The van der Waals surface area contributed by atoms with Crippen LogP contribution in [0.2, 0.25) is 0 Å². The molecule has 84 valence electrons. The highest BCUT2D eigenvalue weighted by molar-refractivity contribution is 4.81. The SMILES string of the molecule is CC(O)CCN(C)[C@@H]1CCCC[C@H]1O. The van der Waals surface area contributed by atoms with Crippen molar-refractivity contribution in [2.75, 3.05) is 13.6 Å². The van der Waals surface area contributed by atoms with Crippen molar-refractivity contribution >= 4 is 0 Å². The van der Waals surface area contributed by atoms with Crippen LogP contribution in [0.25, 0.3) is 0 Å². The van der Waals surface area contributed by atoms with E-state index < -0.39 is 0 Å². The Morgan fingerprint density at radius 2 is 2.00 bits per heavy atom. The van der Waals surface area contributed by atoms with Gasteiger partial charge in [-0.1, -0.05) is 12.8 Å². The van der Waals surface area contributed by atoms with Crippen LogP contribution in [0.4, 0.5) is 0 Å². The standard InChI is InChI=1S/C11H23NO2/c1-9(13)7-8-12(2)10-5-3-4-6-11(10)14/h9-11,13-14H,3-8H2,1-2H3/t9?,10-,11-/m1/s1.